The van der Waals surface area contributed by atoms with Crippen LogP contribution in [0.4, 0.5) is 5.00 Å². The molecule has 0 saturated carbocycles. The van der Waals surface area contributed by atoms with Gasteiger partial charge in [-0.3, -0.25) is 0 Å². The molecule has 102 valence electrons. The Morgan fingerprint density at radius 2 is 1.84 bits per heavy atom. The molecule has 0 aliphatic carbocycles. The Morgan fingerprint density at radius 3 is 2.47 bits per heavy atom. The Bertz CT molecular complexity index is 544. The van der Waals surface area contributed by atoms with Crippen molar-refractivity contribution in [3.8, 4) is 0 Å². The average molecular weight is 295 g/mol. The van der Waals surface area contributed by atoms with Crippen LogP contribution in [-0.4, -0.2) is 26.1 Å². The number of nitrogens with one attached hydrogen (secondary N) is 1. The lowest BCUT2D eigenvalue weighted by atomic mass is 10.2. The molecule has 0 saturated heterocycles. The fraction of sp³-hybridized carbons (Fsp3) is 0.500. The van der Waals surface area contributed by atoms with Gasteiger partial charge >= 0.3 is 0 Å². The van der Waals surface area contributed by atoms with Crippen LogP contribution in [0, 0.1) is 20.8 Å². The lowest BCUT2D eigenvalue weighted by Crippen LogP contribution is -2.00. The molecule has 0 unspecified atom stereocenters. The van der Waals surface area contributed by atoms with E-state index in [2.05, 4.69) is 31.8 Å². The number of rotatable bonds is 5. The van der Waals surface area contributed by atoms with E-state index in [4.69, 9.17) is 0 Å². The molecule has 0 bridgehead atoms. The van der Waals surface area contributed by atoms with Gasteiger partial charge in [-0.15, -0.1) is 5.10 Å². The Hall–Kier alpha value is -1.21. The third-order valence-corrected chi connectivity index (χ3v) is 4.43. The summed E-state index contributed by atoms with van der Waals surface area (Å²) in [5.74, 6) is 0.737. The molecule has 19 heavy (non-hydrogen) atoms. The molecule has 2 aromatic rings. The molecule has 0 amide bonds. The van der Waals surface area contributed by atoms with Gasteiger partial charge in [0.1, 0.15) is 10.7 Å². The van der Waals surface area contributed by atoms with E-state index in [1.165, 1.54) is 11.5 Å². The third kappa shape index (κ3) is 3.42. The average Bonchev–Trinajstić information content (AvgIpc) is 2.81. The van der Waals surface area contributed by atoms with Gasteiger partial charge in [0.05, 0.1) is 0 Å². The first-order valence-corrected chi connectivity index (χ1v) is 7.87. The number of thioether (sulfide) groups is 1. The van der Waals surface area contributed by atoms with Gasteiger partial charge < -0.3 is 5.32 Å². The van der Waals surface area contributed by atoms with Gasteiger partial charge in [-0.05, 0) is 33.3 Å². The van der Waals surface area contributed by atoms with E-state index in [-0.39, 0.29) is 0 Å². The van der Waals surface area contributed by atoms with Crippen LogP contribution in [-0.2, 0) is 5.75 Å². The van der Waals surface area contributed by atoms with Crippen molar-refractivity contribution in [3.05, 3.63) is 22.6 Å². The molecule has 0 atom stereocenters. The van der Waals surface area contributed by atoms with Gasteiger partial charge in [0, 0.05) is 35.2 Å². The quantitative estimate of drug-likeness (QED) is 0.676. The molecule has 2 heterocycles. The van der Waals surface area contributed by atoms with Crippen LogP contribution < -0.4 is 5.32 Å². The van der Waals surface area contributed by atoms with E-state index >= 15 is 0 Å². The summed E-state index contributed by atoms with van der Waals surface area (Å²) in [7, 11) is 0. The van der Waals surface area contributed by atoms with E-state index in [1.54, 1.807) is 11.8 Å². The number of aryl methyl sites for hydroxylation is 2. The minimum atomic E-state index is 0.737. The third-order valence-electron chi connectivity index (χ3n) is 2.84. The highest BCUT2D eigenvalue weighted by Gasteiger charge is 2.10. The highest BCUT2D eigenvalue weighted by Crippen LogP contribution is 2.26. The second-order valence-electron chi connectivity index (χ2n) is 4.17. The van der Waals surface area contributed by atoms with E-state index < -0.39 is 0 Å². The van der Waals surface area contributed by atoms with E-state index in [9.17, 15) is 0 Å². The normalized spacial score (nSPS) is 10.7. The molecule has 0 aromatic carbocycles. The Morgan fingerprint density at radius 1 is 1.16 bits per heavy atom. The van der Waals surface area contributed by atoms with Crippen molar-refractivity contribution in [1.29, 1.82) is 0 Å². The van der Waals surface area contributed by atoms with Crippen molar-refractivity contribution in [2.24, 2.45) is 0 Å². The molecule has 0 fully saturated rings. The smallest absolute Gasteiger partial charge is 0.188 e. The van der Waals surface area contributed by atoms with Gasteiger partial charge in [0.2, 0.25) is 0 Å². The Kier molecular flexibility index (Phi) is 4.71. The molecule has 0 aliphatic rings. The van der Waals surface area contributed by atoms with Crippen LogP contribution in [0.2, 0.25) is 0 Å². The maximum absolute atomic E-state index is 4.50. The summed E-state index contributed by atoms with van der Waals surface area (Å²) < 4.78 is 3.98. The van der Waals surface area contributed by atoms with Gasteiger partial charge in [-0.25, -0.2) is 9.97 Å². The van der Waals surface area contributed by atoms with Crippen molar-refractivity contribution in [1.82, 2.24) is 19.6 Å². The molecule has 5 nitrogen and oxygen atoms in total. The summed E-state index contributed by atoms with van der Waals surface area (Å²) >= 11 is 2.99. The summed E-state index contributed by atoms with van der Waals surface area (Å²) in [6, 6.07) is 0. The zero-order valence-corrected chi connectivity index (χ0v) is 13.2. The summed E-state index contributed by atoms with van der Waals surface area (Å²) in [5, 5.41) is 9.24. The first-order chi connectivity index (χ1) is 9.11. The monoisotopic (exact) mass is 295 g/mol. The zero-order valence-electron chi connectivity index (χ0n) is 11.5. The standard InChI is InChI=1S/C12H17N5S2/c1-5-13-11-10(16-17-19-11)6-18-12-14-8(3)7(2)9(4)15-12/h13H,5-6H2,1-4H3. The first-order valence-electron chi connectivity index (χ1n) is 6.11. The second kappa shape index (κ2) is 6.29. The summed E-state index contributed by atoms with van der Waals surface area (Å²) in [6.45, 7) is 9.02. The molecule has 0 radical (unpaired) electrons. The predicted octanol–water partition coefficient (Wildman–Crippen LogP) is 2.98. The number of nitrogens with zero attached hydrogens (tertiary/aromatic N) is 4. The minimum Gasteiger partial charge on any atom is -0.374 e. The molecule has 2 rings (SSSR count). The van der Waals surface area contributed by atoms with Crippen molar-refractivity contribution in [2.45, 2.75) is 38.6 Å². The highest BCUT2D eigenvalue weighted by molar-refractivity contribution is 7.98. The molecule has 0 spiro atoms. The lowest BCUT2D eigenvalue weighted by molar-refractivity contribution is 0.879. The summed E-state index contributed by atoms with van der Waals surface area (Å²) in [6.07, 6.45) is 0. The van der Waals surface area contributed by atoms with Crippen LogP contribution in [0.1, 0.15) is 29.6 Å². The van der Waals surface area contributed by atoms with Gasteiger partial charge in [0.25, 0.3) is 0 Å². The fourth-order valence-corrected chi connectivity index (χ4v) is 3.15. The number of hydrogen-bond acceptors (Lipinski definition) is 7. The Labute approximate surface area is 121 Å². The van der Waals surface area contributed by atoms with E-state index in [1.807, 2.05) is 20.8 Å². The topological polar surface area (TPSA) is 63.6 Å². The van der Waals surface area contributed by atoms with Crippen LogP contribution in [0.15, 0.2) is 5.16 Å². The Balaban J connectivity index is 2.08. The maximum Gasteiger partial charge on any atom is 0.188 e. The second-order valence-corrected chi connectivity index (χ2v) is 5.87. The SMILES string of the molecule is CCNc1snnc1CSc1nc(C)c(C)c(C)n1. The van der Waals surface area contributed by atoms with Gasteiger partial charge in [-0.2, -0.15) is 0 Å². The predicted molar refractivity (Wildman–Crippen MR) is 79.9 cm³/mol. The van der Waals surface area contributed by atoms with Crippen molar-refractivity contribution in [2.75, 3.05) is 11.9 Å². The van der Waals surface area contributed by atoms with Crippen molar-refractivity contribution < 1.29 is 0 Å². The molecule has 2 aromatic heterocycles. The number of hydrogen-bond donors (Lipinski definition) is 1. The van der Waals surface area contributed by atoms with E-state index in [0.717, 1.165) is 45.1 Å². The van der Waals surface area contributed by atoms with Gasteiger partial charge in [0.15, 0.2) is 5.16 Å². The first kappa shape index (κ1) is 14.2. The largest absolute Gasteiger partial charge is 0.374 e. The molecular weight excluding hydrogens is 278 g/mol. The molecule has 7 heteroatoms. The highest BCUT2D eigenvalue weighted by atomic mass is 32.2. The fourth-order valence-electron chi connectivity index (χ4n) is 1.54. The van der Waals surface area contributed by atoms with Crippen LogP contribution in [0.3, 0.4) is 0 Å². The minimum absolute atomic E-state index is 0.737. The van der Waals surface area contributed by atoms with E-state index in [0.29, 0.717) is 0 Å². The van der Waals surface area contributed by atoms with Crippen molar-refractivity contribution in [3.63, 3.8) is 0 Å². The number of anilines is 1. The summed E-state index contributed by atoms with van der Waals surface area (Å²) in [4.78, 5) is 8.99. The zero-order chi connectivity index (χ0) is 13.8. The summed E-state index contributed by atoms with van der Waals surface area (Å²) in [5.41, 5.74) is 4.21. The van der Waals surface area contributed by atoms with Crippen LogP contribution >= 0.6 is 23.3 Å². The molecule has 0 aliphatic heterocycles. The maximum atomic E-state index is 4.50. The van der Waals surface area contributed by atoms with Gasteiger partial charge in [-0.1, -0.05) is 16.3 Å². The molecule has 1 N–H and O–H groups in total. The van der Waals surface area contributed by atoms with Crippen LogP contribution in [0.5, 0.6) is 0 Å². The van der Waals surface area contributed by atoms with Crippen molar-refractivity contribution >= 4 is 28.3 Å². The van der Waals surface area contributed by atoms with Crippen LogP contribution in [0.25, 0.3) is 0 Å². The lowest BCUT2D eigenvalue weighted by Gasteiger charge is -2.06. The number of aromatic nitrogens is 4. The molecular formula is C12H17N5S2.